The molecular formula is C14H21NO. The minimum atomic E-state index is 0.645. The third kappa shape index (κ3) is 2.07. The lowest BCUT2D eigenvalue weighted by atomic mass is 9.90. The van der Waals surface area contributed by atoms with Crippen LogP contribution < -0.4 is 10.1 Å². The van der Waals surface area contributed by atoms with Gasteiger partial charge in [-0.05, 0) is 56.0 Å². The highest BCUT2D eigenvalue weighted by atomic mass is 16.5. The van der Waals surface area contributed by atoms with Crippen molar-refractivity contribution >= 4 is 0 Å². The first-order valence-electron chi connectivity index (χ1n) is 6.08. The lowest BCUT2D eigenvalue weighted by molar-refractivity contribution is 0.414. The van der Waals surface area contributed by atoms with Gasteiger partial charge in [0, 0.05) is 6.04 Å². The number of nitrogens with one attached hydrogen (secondary N) is 1. The van der Waals surface area contributed by atoms with E-state index >= 15 is 0 Å². The van der Waals surface area contributed by atoms with Crippen LogP contribution >= 0.6 is 0 Å². The van der Waals surface area contributed by atoms with Crippen molar-refractivity contribution in [3.05, 3.63) is 29.3 Å². The molecule has 0 aromatic heterocycles. The second kappa shape index (κ2) is 4.88. The molecule has 2 unspecified atom stereocenters. The van der Waals surface area contributed by atoms with Gasteiger partial charge in [0.1, 0.15) is 5.75 Å². The summed E-state index contributed by atoms with van der Waals surface area (Å²) in [4.78, 5) is 0. The predicted octanol–water partition coefficient (Wildman–Crippen LogP) is 2.86. The van der Waals surface area contributed by atoms with E-state index < -0.39 is 0 Å². The van der Waals surface area contributed by atoms with Gasteiger partial charge in [0.2, 0.25) is 0 Å². The Bertz CT molecular complexity index is 362. The van der Waals surface area contributed by atoms with Crippen LogP contribution in [0, 0.1) is 6.92 Å². The summed E-state index contributed by atoms with van der Waals surface area (Å²) in [6, 6.07) is 7.09. The lowest BCUT2D eigenvalue weighted by Gasteiger charge is -2.21. The highest BCUT2D eigenvalue weighted by Crippen LogP contribution is 2.36. The molecule has 2 atom stereocenters. The molecule has 0 heterocycles. The minimum Gasteiger partial charge on any atom is -0.497 e. The summed E-state index contributed by atoms with van der Waals surface area (Å²) in [7, 11) is 3.79. The van der Waals surface area contributed by atoms with Gasteiger partial charge >= 0.3 is 0 Å². The zero-order chi connectivity index (χ0) is 11.5. The van der Waals surface area contributed by atoms with E-state index in [-0.39, 0.29) is 0 Å². The zero-order valence-corrected chi connectivity index (χ0v) is 10.4. The van der Waals surface area contributed by atoms with Gasteiger partial charge in [-0.15, -0.1) is 0 Å². The fourth-order valence-electron chi connectivity index (χ4n) is 2.87. The van der Waals surface area contributed by atoms with Crippen molar-refractivity contribution in [2.75, 3.05) is 14.2 Å². The lowest BCUT2D eigenvalue weighted by Crippen LogP contribution is -2.27. The molecule has 0 bridgehead atoms. The van der Waals surface area contributed by atoms with Crippen molar-refractivity contribution in [2.45, 2.75) is 38.1 Å². The smallest absolute Gasteiger partial charge is 0.119 e. The van der Waals surface area contributed by atoms with E-state index in [4.69, 9.17) is 4.74 Å². The van der Waals surface area contributed by atoms with Crippen molar-refractivity contribution in [1.29, 1.82) is 0 Å². The Morgan fingerprint density at radius 2 is 2.12 bits per heavy atom. The molecule has 1 fully saturated rings. The van der Waals surface area contributed by atoms with Crippen LogP contribution in [0.3, 0.4) is 0 Å². The van der Waals surface area contributed by atoms with Crippen molar-refractivity contribution in [3.63, 3.8) is 0 Å². The molecule has 0 aliphatic heterocycles. The number of methoxy groups -OCH3 is 1. The Labute approximate surface area is 98.0 Å². The molecule has 0 spiro atoms. The molecule has 1 aromatic rings. The standard InChI is InChI=1S/C14H21NO/c1-10-9-11(16-3)7-8-12(10)13-5-4-6-14(13)15-2/h7-9,13-15H,4-6H2,1-3H3. The normalized spacial score (nSPS) is 24.7. The van der Waals surface area contributed by atoms with E-state index in [9.17, 15) is 0 Å². The maximum absolute atomic E-state index is 5.25. The SMILES string of the molecule is CNC1CCCC1c1ccc(OC)cc1C. The molecule has 2 rings (SSSR count). The molecule has 1 N–H and O–H groups in total. The van der Waals surface area contributed by atoms with E-state index in [1.807, 2.05) is 0 Å². The molecule has 0 amide bonds. The molecule has 1 aliphatic carbocycles. The predicted molar refractivity (Wildman–Crippen MR) is 67.2 cm³/mol. The van der Waals surface area contributed by atoms with Gasteiger partial charge in [-0.25, -0.2) is 0 Å². The van der Waals surface area contributed by atoms with Gasteiger partial charge in [-0.2, -0.15) is 0 Å². The second-order valence-corrected chi connectivity index (χ2v) is 4.66. The van der Waals surface area contributed by atoms with Gasteiger partial charge in [-0.3, -0.25) is 0 Å². The van der Waals surface area contributed by atoms with Crippen molar-refractivity contribution in [2.24, 2.45) is 0 Å². The Kier molecular flexibility index (Phi) is 3.49. The van der Waals surface area contributed by atoms with Crippen molar-refractivity contribution < 1.29 is 4.74 Å². The number of benzene rings is 1. The van der Waals surface area contributed by atoms with Gasteiger partial charge < -0.3 is 10.1 Å². The van der Waals surface area contributed by atoms with Gasteiger partial charge in [0.05, 0.1) is 7.11 Å². The summed E-state index contributed by atoms with van der Waals surface area (Å²) in [5, 5.41) is 3.44. The Morgan fingerprint density at radius 3 is 2.75 bits per heavy atom. The van der Waals surface area contributed by atoms with Crippen LogP contribution in [0.25, 0.3) is 0 Å². The van der Waals surface area contributed by atoms with Crippen LogP contribution in [-0.2, 0) is 0 Å². The van der Waals surface area contributed by atoms with E-state index in [1.165, 1.54) is 30.4 Å². The number of hydrogen-bond acceptors (Lipinski definition) is 2. The van der Waals surface area contributed by atoms with Crippen molar-refractivity contribution in [1.82, 2.24) is 5.32 Å². The van der Waals surface area contributed by atoms with E-state index in [0.717, 1.165) is 5.75 Å². The van der Waals surface area contributed by atoms with E-state index in [0.29, 0.717) is 12.0 Å². The fourth-order valence-corrected chi connectivity index (χ4v) is 2.87. The highest BCUT2D eigenvalue weighted by molar-refractivity contribution is 5.38. The molecule has 2 nitrogen and oxygen atoms in total. The summed E-state index contributed by atoms with van der Waals surface area (Å²) < 4.78 is 5.25. The monoisotopic (exact) mass is 219 g/mol. The fraction of sp³-hybridized carbons (Fsp3) is 0.571. The summed E-state index contributed by atoms with van der Waals surface area (Å²) in [5.74, 6) is 1.64. The molecule has 16 heavy (non-hydrogen) atoms. The van der Waals surface area contributed by atoms with Crippen LogP contribution in [-0.4, -0.2) is 20.2 Å². The molecule has 1 aromatic carbocycles. The maximum atomic E-state index is 5.25. The molecular weight excluding hydrogens is 198 g/mol. The average molecular weight is 219 g/mol. The average Bonchev–Trinajstić information content (AvgIpc) is 2.76. The third-order valence-corrected chi connectivity index (χ3v) is 3.76. The van der Waals surface area contributed by atoms with Crippen LogP contribution in [0.1, 0.15) is 36.3 Å². The van der Waals surface area contributed by atoms with Crippen LogP contribution in [0.4, 0.5) is 0 Å². The Hall–Kier alpha value is -1.02. The molecule has 88 valence electrons. The number of aryl methyl sites for hydroxylation is 1. The van der Waals surface area contributed by atoms with Crippen molar-refractivity contribution in [3.8, 4) is 5.75 Å². The highest BCUT2D eigenvalue weighted by Gasteiger charge is 2.28. The van der Waals surface area contributed by atoms with Crippen LogP contribution in [0.2, 0.25) is 0 Å². The molecule has 0 radical (unpaired) electrons. The van der Waals surface area contributed by atoms with E-state index in [1.54, 1.807) is 7.11 Å². The topological polar surface area (TPSA) is 21.3 Å². The van der Waals surface area contributed by atoms with Crippen LogP contribution in [0.5, 0.6) is 5.75 Å². The summed E-state index contributed by atoms with van der Waals surface area (Å²) in [5.41, 5.74) is 2.84. The largest absolute Gasteiger partial charge is 0.497 e. The third-order valence-electron chi connectivity index (χ3n) is 3.76. The van der Waals surface area contributed by atoms with Gasteiger partial charge in [-0.1, -0.05) is 12.5 Å². The number of ether oxygens (including phenoxy) is 1. The zero-order valence-electron chi connectivity index (χ0n) is 10.4. The number of hydrogen-bond donors (Lipinski definition) is 1. The molecule has 2 heteroatoms. The number of likely N-dealkylation sites (N-methyl/N-ethyl adjacent to an activating group) is 1. The molecule has 1 aliphatic rings. The quantitative estimate of drug-likeness (QED) is 0.844. The van der Waals surface area contributed by atoms with E-state index in [2.05, 4.69) is 37.5 Å². The Morgan fingerprint density at radius 1 is 1.31 bits per heavy atom. The number of rotatable bonds is 3. The minimum absolute atomic E-state index is 0.645. The van der Waals surface area contributed by atoms with Crippen LogP contribution in [0.15, 0.2) is 18.2 Å². The Balaban J connectivity index is 2.26. The first-order chi connectivity index (χ1) is 7.76. The summed E-state index contributed by atoms with van der Waals surface area (Å²) >= 11 is 0. The maximum Gasteiger partial charge on any atom is 0.119 e. The first kappa shape index (κ1) is 11.5. The van der Waals surface area contributed by atoms with Gasteiger partial charge in [0.25, 0.3) is 0 Å². The summed E-state index contributed by atoms with van der Waals surface area (Å²) in [6.45, 7) is 2.18. The molecule has 0 saturated heterocycles. The second-order valence-electron chi connectivity index (χ2n) is 4.66. The molecule has 1 saturated carbocycles. The summed E-state index contributed by atoms with van der Waals surface area (Å²) in [6.07, 6.45) is 3.94. The first-order valence-corrected chi connectivity index (χ1v) is 6.08. The van der Waals surface area contributed by atoms with Gasteiger partial charge in [0.15, 0.2) is 0 Å².